The van der Waals surface area contributed by atoms with E-state index in [0.717, 1.165) is 6.42 Å². The fourth-order valence-electron chi connectivity index (χ4n) is 1.84. The summed E-state index contributed by atoms with van der Waals surface area (Å²) in [7, 11) is 3.20. The van der Waals surface area contributed by atoms with Crippen molar-refractivity contribution in [3.8, 4) is 0 Å². The van der Waals surface area contributed by atoms with Crippen molar-refractivity contribution in [3.63, 3.8) is 0 Å². The predicted molar refractivity (Wildman–Crippen MR) is 46.3 cm³/mol. The van der Waals surface area contributed by atoms with Gasteiger partial charge in [-0.1, -0.05) is 13.3 Å². The Morgan fingerprint density at radius 3 is 2.58 bits per heavy atom. The van der Waals surface area contributed by atoms with E-state index in [2.05, 4.69) is 6.92 Å². The fraction of sp³-hybridized carbons (Fsp3) is 0.889. The van der Waals surface area contributed by atoms with E-state index in [9.17, 15) is 4.79 Å². The molecule has 0 aromatic heterocycles. The molecule has 0 radical (unpaired) electrons. The monoisotopic (exact) mass is 171 g/mol. The Labute approximate surface area is 73.6 Å². The summed E-state index contributed by atoms with van der Waals surface area (Å²) in [5.74, 6) is 0.840. The molecule has 70 valence electrons. The number of hydrogen-bond acceptors (Lipinski definition) is 2. The molecule has 1 saturated carbocycles. The van der Waals surface area contributed by atoms with Crippen molar-refractivity contribution in [2.24, 2.45) is 11.8 Å². The predicted octanol–water partition coefficient (Wildman–Crippen LogP) is 1.44. The van der Waals surface area contributed by atoms with Gasteiger partial charge in [0.05, 0.1) is 7.11 Å². The summed E-state index contributed by atoms with van der Waals surface area (Å²) in [4.78, 5) is 16.4. The van der Waals surface area contributed by atoms with Gasteiger partial charge in [-0.05, 0) is 18.8 Å². The van der Waals surface area contributed by atoms with E-state index in [-0.39, 0.29) is 11.8 Å². The second kappa shape index (κ2) is 3.90. The Bertz CT molecular complexity index is 170. The third-order valence-corrected chi connectivity index (χ3v) is 2.76. The second-order valence-electron chi connectivity index (χ2n) is 3.53. The van der Waals surface area contributed by atoms with Crippen LogP contribution in [0.5, 0.6) is 0 Å². The van der Waals surface area contributed by atoms with Crippen LogP contribution < -0.4 is 0 Å². The molecule has 0 aromatic carbocycles. The Morgan fingerprint density at radius 1 is 1.50 bits per heavy atom. The van der Waals surface area contributed by atoms with Crippen LogP contribution in [0.1, 0.15) is 26.2 Å². The van der Waals surface area contributed by atoms with Crippen LogP contribution in [0, 0.1) is 11.8 Å². The van der Waals surface area contributed by atoms with Crippen LogP contribution >= 0.6 is 0 Å². The van der Waals surface area contributed by atoms with Crippen LogP contribution in [-0.4, -0.2) is 25.1 Å². The SMILES string of the molecule is CON(C)C(=O)C1CCCC1C. The summed E-state index contributed by atoms with van der Waals surface area (Å²) in [6, 6.07) is 0. The van der Waals surface area contributed by atoms with Gasteiger partial charge >= 0.3 is 0 Å². The molecule has 3 heteroatoms. The molecule has 0 aromatic rings. The van der Waals surface area contributed by atoms with Crippen LogP contribution in [0.25, 0.3) is 0 Å². The molecular formula is C9H17NO2. The maximum absolute atomic E-state index is 11.6. The number of nitrogens with zero attached hydrogens (tertiary/aromatic N) is 1. The van der Waals surface area contributed by atoms with Gasteiger partial charge in [-0.2, -0.15) is 0 Å². The molecule has 0 heterocycles. The van der Waals surface area contributed by atoms with Crippen molar-refractivity contribution in [2.45, 2.75) is 26.2 Å². The van der Waals surface area contributed by atoms with Crippen LogP contribution in [-0.2, 0) is 9.63 Å². The zero-order valence-electron chi connectivity index (χ0n) is 8.04. The average Bonchev–Trinajstić information content (AvgIpc) is 2.48. The Hall–Kier alpha value is -0.570. The summed E-state index contributed by atoms with van der Waals surface area (Å²) in [5, 5.41) is 1.34. The lowest BCUT2D eigenvalue weighted by molar-refractivity contribution is -0.174. The number of hydrogen-bond donors (Lipinski definition) is 0. The van der Waals surface area contributed by atoms with Gasteiger partial charge in [-0.25, -0.2) is 5.06 Å². The fourth-order valence-corrected chi connectivity index (χ4v) is 1.84. The summed E-state index contributed by atoms with van der Waals surface area (Å²) in [6.45, 7) is 2.14. The number of carbonyl (C=O) groups is 1. The third kappa shape index (κ3) is 1.78. The van der Waals surface area contributed by atoms with E-state index in [1.165, 1.54) is 25.0 Å². The van der Waals surface area contributed by atoms with Crippen molar-refractivity contribution in [2.75, 3.05) is 14.2 Å². The van der Waals surface area contributed by atoms with Gasteiger partial charge in [0.2, 0.25) is 5.91 Å². The van der Waals surface area contributed by atoms with Gasteiger partial charge in [0, 0.05) is 13.0 Å². The number of amides is 1. The topological polar surface area (TPSA) is 29.5 Å². The maximum Gasteiger partial charge on any atom is 0.249 e. The first-order valence-electron chi connectivity index (χ1n) is 4.48. The lowest BCUT2D eigenvalue weighted by atomic mass is 9.97. The lowest BCUT2D eigenvalue weighted by Crippen LogP contribution is -2.33. The molecular weight excluding hydrogens is 154 g/mol. The van der Waals surface area contributed by atoms with Crippen LogP contribution in [0.15, 0.2) is 0 Å². The molecule has 2 unspecified atom stereocenters. The van der Waals surface area contributed by atoms with Gasteiger partial charge in [0.25, 0.3) is 0 Å². The Kier molecular flexibility index (Phi) is 3.09. The molecule has 2 atom stereocenters. The smallest absolute Gasteiger partial charge is 0.249 e. The summed E-state index contributed by atoms with van der Waals surface area (Å²) >= 11 is 0. The summed E-state index contributed by atoms with van der Waals surface area (Å²) in [5.41, 5.74) is 0. The molecule has 1 rings (SSSR count). The molecule has 1 aliphatic rings. The minimum atomic E-state index is 0.127. The van der Waals surface area contributed by atoms with Crippen molar-refractivity contribution >= 4 is 5.91 Å². The van der Waals surface area contributed by atoms with E-state index >= 15 is 0 Å². The van der Waals surface area contributed by atoms with Crippen molar-refractivity contribution in [1.82, 2.24) is 5.06 Å². The van der Waals surface area contributed by atoms with E-state index in [4.69, 9.17) is 4.84 Å². The molecule has 0 spiro atoms. The number of carbonyl (C=O) groups excluding carboxylic acids is 1. The second-order valence-corrected chi connectivity index (χ2v) is 3.53. The van der Waals surface area contributed by atoms with Crippen molar-refractivity contribution in [3.05, 3.63) is 0 Å². The lowest BCUT2D eigenvalue weighted by Gasteiger charge is -2.20. The highest BCUT2D eigenvalue weighted by Gasteiger charge is 2.31. The third-order valence-electron chi connectivity index (χ3n) is 2.76. The van der Waals surface area contributed by atoms with E-state index in [0.29, 0.717) is 5.92 Å². The Morgan fingerprint density at radius 2 is 2.17 bits per heavy atom. The van der Waals surface area contributed by atoms with Crippen molar-refractivity contribution in [1.29, 1.82) is 0 Å². The standard InChI is InChI=1S/C9H17NO2/c1-7-5-4-6-8(7)9(11)10(2)12-3/h7-8H,4-6H2,1-3H3. The molecule has 1 fully saturated rings. The van der Waals surface area contributed by atoms with Crippen LogP contribution in [0.3, 0.4) is 0 Å². The molecule has 12 heavy (non-hydrogen) atoms. The van der Waals surface area contributed by atoms with Gasteiger partial charge < -0.3 is 0 Å². The average molecular weight is 171 g/mol. The minimum Gasteiger partial charge on any atom is -0.275 e. The van der Waals surface area contributed by atoms with Crippen LogP contribution in [0.2, 0.25) is 0 Å². The molecule has 0 bridgehead atoms. The van der Waals surface area contributed by atoms with E-state index < -0.39 is 0 Å². The quantitative estimate of drug-likeness (QED) is 0.588. The molecule has 0 N–H and O–H groups in total. The number of rotatable bonds is 2. The molecule has 1 aliphatic carbocycles. The first-order valence-corrected chi connectivity index (χ1v) is 4.48. The highest BCUT2D eigenvalue weighted by atomic mass is 16.7. The first-order chi connectivity index (χ1) is 5.66. The maximum atomic E-state index is 11.6. The molecule has 0 saturated heterocycles. The zero-order valence-corrected chi connectivity index (χ0v) is 8.04. The highest BCUT2D eigenvalue weighted by molar-refractivity contribution is 5.78. The zero-order chi connectivity index (χ0) is 9.14. The first kappa shape index (κ1) is 9.52. The molecule has 3 nitrogen and oxygen atoms in total. The van der Waals surface area contributed by atoms with Gasteiger partial charge in [-0.3, -0.25) is 9.63 Å². The molecule has 0 aliphatic heterocycles. The van der Waals surface area contributed by atoms with Gasteiger partial charge in [0.15, 0.2) is 0 Å². The normalized spacial score (nSPS) is 28.9. The van der Waals surface area contributed by atoms with E-state index in [1.807, 2.05) is 0 Å². The van der Waals surface area contributed by atoms with Crippen molar-refractivity contribution < 1.29 is 9.63 Å². The minimum absolute atomic E-state index is 0.127. The highest BCUT2D eigenvalue weighted by Crippen LogP contribution is 2.32. The Balaban J connectivity index is 2.51. The van der Waals surface area contributed by atoms with Gasteiger partial charge in [-0.15, -0.1) is 0 Å². The van der Waals surface area contributed by atoms with Crippen LogP contribution in [0.4, 0.5) is 0 Å². The molecule has 1 amide bonds. The summed E-state index contributed by atoms with van der Waals surface area (Å²) in [6.07, 6.45) is 3.37. The van der Waals surface area contributed by atoms with Gasteiger partial charge in [0.1, 0.15) is 0 Å². The summed E-state index contributed by atoms with van der Waals surface area (Å²) < 4.78 is 0. The number of hydroxylamine groups is 2. The largest absolute Gasteiger partial charge is 0.275 e. The van der Waals surface area contributed by atoms with E-state index in [1.54, 1.807) is 7.05 Å².